The van der Waals surface area contributed by atoms with Crippen molar-refractivity contribution >= 4 is 53.4 Å². The maximum absolute atomic E-state index is 11.6. The fourth-order valence-electron chi connectivity index (χ4n) is 1.54. The number of rotatable bonds is 1. The number of anilines is 2. The molecule has 0 saturated carbocycles. The zero-order valence-electron chi connectivity index (χ0n) is 8.02. The smallest absolute Gasteiger partial charge is 0.228 e. The third kappa shape index (κ3) is 2.05. The van der Waals surface area contributed by atoms with E-state index in [1.54, 1.807) is 0 Å². The molecule has 1 aromatic rings. The summed E-state index contributed by atoms with van der Waals surface area (Å²) in [6.07, 6.45) is 0.347. The van der Waals surface area contributed by atoms with Gasteiger partial charge in [-0.25, -0.2) is 0 Å². The number of thiol groups is 1. The molecule has 1 aliphatic heterocycles. The quantitative estimate of drug-likeness (QED) is 0.602. The normalized spacial score (nSPS) is 20.6. The first kappa shape index (κ1) is 11.8. The fraction of sp³-hybridized carbons (Fsp3) is 0.375. The lowest BCUT2D eigenvalue weighted by Gasteiger charge is -2.17. The van der Waals surface area contributed by atoms with Crippen molar-refractivity contribution in [2.24, 2.45) is 0 Å². The van der Waals surface area contributed by atoms with Gasteiger partial charge in [0.1, 0.15) is 5.69 Å². The van der Waals surface area contributed by atoms with Crippen molar-refractivity contribution in [1.29, 1.82) is 0 Å². The summed E-state index contributed by atoms with van der Waals surface area (Å²) in [7, 11) is 0. The average Bonchev–Trinajstić information content (AvgIpc) is 2.43. The van der Waals surface area contributed by atoms with E-state index in [4.69, 9.17) is 28.9 Å². The second-order valence-corrected chi connectivity index (χ2v) is 4.82. The summed E-state index contributed by atoms with van der Waals surface area (Å²) < 4.78 is 0. The molecular weight excluding hydrogens is 271 g/mol. The van der Waals surface area contributed by atoms with Gasteiger partial charge in [-0.15, -0.1) is 0 Å². The molecule has 2 rings (SSSR count). The van der Waals surface area contributed by atoms with Crippen LogP contribution in [0, 0.1) is 0 Å². The number of nitrogens with two attached hydrogens (primary N) is 1. The topological polar surface area (TPSA) is 72.1 Å². The summed E-state index contributed by atoms with van der Waals surface area (Å²) in [4.78, 5) is 20.6. The molecule has 5 nitrogen and oxygen atoms in total. The van der Waals surface area contributed by atoms with Crippen molar-refractivity contribution in [3.8, 4) is 0 Å². The van der Waals surface area contributed by atoms with Crippen molar-refractivity contribution in [2.45, 2.75) is 11.7 Å². The lowest BCUT2D eigenvalue weighted by Crippen LogP contribution is -2.26. The van der Waals surface area contributed by atoms with Gasteiger partial charge in [-0.3, -0.25) is 4.79 Å². The fourth-order valence-corrected chi connectivity index (χ4v) is 2.47. The van der Waals surface area contributed by atoms with Crippen molar-refractivity contribution < 1.29 is 4.79 Å². The van der Waals surface area contributed by atoms with E-state index in [2.05, 4.69) is 22.6 Å². The Labute approximate surface area is 107 Å². The Kier molecular flexibility index (Phi) is 3.14. The van der Waals surface area contributed by atoms with E-state index in [-0.39, 0.29) is 27.4 Å². The van der Waals surface area contributed by atoms with Crippen LogP contribution in [0.15, 0.2) is 0 Å². The largest absolute Gasteiger partial charge is 0.368 e. The van der Waals surface area contributed by atoms with Gasteiger partial charge in [-0.2, -0.15) is 22.6 Å². The monoisotopic (exact) mass is 278 g/mol. The summed E-state index contributed by atoms with van der Waals surface area (Å²) in [5, 5.41) is 0.124. The molecule has 16 heavy (non-hydrogen) atoms. The molecule has 1 atom stereocenters. The van der Waals surface area contributed by atoms with Gasteiger partial charge in [0.25, 0.3) is 0 Å². The minimum Gasteiger partial charge on any atom is -0.368 e. The van der Waals surface area contributed by atoms with E-state index in [0.29, 0.717) is 18.7 Å². The van der Waals surface area contributed by atoms with E-state index in [1.807, 2.05) is 0 Å². The van der Waals surface area contributed by atoms with Crippen LogP contribution in [0.2, 0.25) is 10.3 Å². The SMILES string of the molecule is Nc1nc(Cl)c(N2CC(S)CC2=O)c(Cl)n1. The molecule has 1 amide bonds. The first-order valence-electron chi connectivity index (χ1n) is 4.46. The molecule has 1 saturated heterocycles. The minimum absolute atomic E-state index is 0.0205. The number of halogens is 2. The summed E-state index contributed by atoms with van der Waals surface area (Å²) in [6, 6.07) is 0. The van der Waals surface area contributed by atoms with Gasteiger partial charge in [0.2, 0.25) is 11.9 Å². The molecular formula is C8H8Cl2N4OS. The highest BCUT2D eigenvalue weighted by atomic mass is 35.5. The third-order valence-electron chi connectivity index (χ3n) is 2.19. The van der Waals surface area contributed by atoms with Crippen LogP contribution in [0.1, 0.15) is 6.42 Å². The van der Waals surface area contributed by atoms with Crippen LogP contribution in [0.5, 0.6) is 0 Å². The number of amides is 1. The van der Waals surface area contributed by atoms with Gasteiger partial charge in [-0.1, -0.05) is 23.2 Å². The van der Waals surface area contributed by atoms with Crippen LogP contribution in [-0.2, 0) is 4.79 Å². The number of aromatic nitrogens is 2. The van der Waals surface area contributed by atoms with Gasteiger partial charge in [0.05, 0.1) is 0 Å². The molecule has 0 radical (unpaired) electrons. The Balaban J connectivity index is 2.44. The number of carbonyl (C=O) groups is 1. The average molecular weight is 279 g/mol. The maximum Gasteiger partial charge on any atom is 0.228 e. The molecule has 86 valence electrons. The van der Waals surface area contributed by atoms with Gasteiger partial charge >= 0.3 is 0 Å². The van der Waals surface area contributed by atoms with E-state index < -0.39 is 0 Å². The van der Waals surface area contributed by atoms with Crippen molar-refractivity contribution in [3.63, 3.8) is 0 Å². The summed E-state index contributed by atoms with van der Waals surface area (Å²) >= 11 is 16.0. The number of hydrogen-bond donors (Lipinski definition) is 2. The number of nitrogen functional groups attached to an aromatic ring is 1. The second-order valence-electron chi connectivity index (χ2n) is 3.37. The minimum atomic E-state index is -0.0998. The van der Waals surface area contributed by atoms with Gasteiger partial charge in [-0.05, 0) is 0 Å². The van der Waals surface area contributed by atoms with Crippen LogP contribution < -0.4 is 10.6 Å². The zero-order valence-corrected chi connectivity index (χ0v) is 10.4. The molecule has 8 heteroatoms. The van der Waals surface area contributed by atoms with Crippen molar-refractivity contribution in [2.75, 3.05) is 17.2 Å². The Bertz CT molecular complexity index is 433. The lowest BCUT2D eigenvalue weighted by atomic mass is 10.4. The van der Waals surface area contributed by atoms with Crippen LogP contribution in [-0.4, -0.2) is 27.7 Å². The molecule has 2 N–H and O–H groups in total. The van der Waals surface area contributed by atoms with E-state index in [1.165, 1.54) is 4.90 Å². The van der Waals surface area contributed by atoms with Crippen LogP contribution >= 0.6 is 35.8 Å². The van der Waals surface area contributed by atoms with Gasteiger partial charge < -0.3 is 10.6 Å². The molecule has 1 aromatic heterocycles. The molecule has 1 fully saturated rings. The second kappa shape index (κ2) is 4.27. The standard InChI is InChI=1S/C8H8Cl2N4OS/c9-6-5(7(10)13-8(11)12-6)14-2-3(16)1-4(14)15/h3,16H,1-2H2,(H2,11,12,13). The molecule has 0 spiro atoms. The first-order valence-corrected chi connectivity index (χ1v) is 5.73. The predicted octanol–water partition coefficient (Wildman–Crippen LogP) is 1.40. The Morgan fingerprint density at radius 3 is 2.38 bits per heavy atom. The molecule has 1 unspecified atom stereocenters. The molecule has 0 bridgehead atoms. The van der Waals surface area contributed by atoms with Crippen LogP contribution in [0.4, 0.5) is 11.6 Å². The van der Waals surface area contributed by atoms with E-state index in [0.717, 1.165) is 0 Å². The van der Waals surface area contributed by atoms with Gasteiger partial charge in [0, 0.05) is 18.2 Å². The maximum atomic E-state index is 11.6. The predicted molar refractivity (Wildman–Crippen MR) is 66.2 cm³/mol. The summed E-state index contributed by atoms with van der Waals surface area (Å²) in [5.74, 6) is -0.120. The highest BCUT2D eigenvalue weighted by Gasteiger charge is 2.32. The van der Waals surface area contributed by atoms with Crippen LogP contribution in [0.25, 0.3) is 0 Å². The number of hydrogen-bond acceptors (Lipinski definition) is 5. The Hall–Kier alpha value is -0.720. The highest BCUT2D eigenvalue weighted by Crippen LogP contribution is 2.34. The third-order valence-corrected chi connectivity index (χ3v) is 3.06. The lowest BCUT2D eigenvalue weighted by molar-refractivity contribution is -0.117. The van der Waals surface area contributed by atoms with Crippen LogP contribution in [0.3, 0.4) is 0 Å². The van der Waals surface area contributed by atoms with E-state index >= 15 is 0 Å². The Morgan fingerprint density at radius 2 is 1.94 bits per heavy atom. The zero-order chi connectivity index (χ0) is 11.9. The number of carbonyl (C=O) groups excluding carboxylic acids is 1. The molecule has 2 heterocycles. The molecule has 0 aliphatic carbocycles. The molecule has 0 aromatic carbocycles. The Morgan fingerprint density at radius 1 is 1.38 bits per heavy atom. The van der Waals surface area contributed by atoms with Gasteiger partial charge in [0.15, 0.2) is 10.3 Å². The van der Waals surface area contributed by atoms with Crippen molar-refractivity contribution in [1.82, 2.24) is 9.97 Å². The van der Waals surface area contributed by atoms with E-state index in [9.17, 15) is 4.79 Å². The summed E-state index contributed by atoms with van der Waals surface area (Å²) in [6.45, 7) is 0.439. The number of nitrogens with zero attached hydrogens (tertiary/aromatic N) is 3. The first-order chi connectivity index (χ1) is 7.49. The summed E-state index contributed by atoms with van der Waals surface area (Å²) in [5.41, 5.74) is 5.68. The highest BCUT2D eigenvalue weighted by molar-refractivity contribution is 7.81. The molecule has 1 aliphatic rings. The van der Waals surface area contributed by atoms with Crippen molar-refractivity contribution in [3.05, 3.63) is 10.3 Å².